The number of benzene rings is 1. The van der Waals surface area contributed by atoms with Crippen molar-refractivity contribution in [2.24, 2.45) is 0 Å². The molecule has 1 aromatic carbocycles. The van der Waals surface area contributed by atoms with Gasteiger partial charge in [0.05, 0.1) is 12.1 Å². The summed E-state index contributed by atoms with van der Waals surface area (Å²) in [5.41, 5.74) is 1.00. The molecule has 2 unspecified atom stereocenters. The molecule has 122 valence electrons. The van der Waals surface area contributed by atoms with Crippen LogP contribution in [0.25, 0.3) is 0 Å². The van der Waals surface area contributed by atoms with Crippen LogP contribution in [0.4, 0.5) is 10.2 Å². The summed E-state index contributed by atoms with van der Waals surface area (Å²) in [6.07, 6.45) is 0.639. The van der Waals surface area contributed by atoms with Crippen LogP contribution < -0.4 is 10.2 Å². The number of carbonyl (C=O) groups is 1. The molecule has 5 nitrogen and oxygen atoms in total. The van der Waals surface area contributed by atoms with Crippen LogP contribution in [0.2, 0.25) is 0 Å². The molecule has 0 radical (unpaired) electrons. The number of halogens is 1. The summed E-state index contributed by atoms with van der Waals surface area (Å²) in [4.78, 5) is 18.2. The minimum atomic E-state index is -0.922. The van der Waals surface area contributed by atoms with Crippen LogP contribution in [0.15, 0.2) is 42.6 Å². The fourth-order valence-corrected chi connectivity index (χ4v) is 2.12. The molecule has 0 aliphatic rings. The summed E-state index contributed by atoms with van der Waals surface area (Å²) in [5, 5.41) is 13.0. The van der Waals surface area contributed by atoms with Crippen molar-refractivity contribution in [3.8, 4) is 0 Å². The van der Waals surface area contributed by atoms with Gasteiger partial charge in [0.25, 0.3) is 5.91 Å². The molecule has 0 aliphatic heterocycles. The third kappa shape index (κ3) is 4.26. The Morgan fingerprint density at radius 3 is 2.52 bits per heavy atom. The second kappa shape index (κ2) is 7.19. The predicted octanol–water partition coefficient (Wildman–Crippen LogP) is 2.14. The zero-order valence-electron chi connectivity index (χ0n) is 13.3. The summed E-state index contributed by atoms with van der Waals surface area (Å²) in [7, 11) is 3.68. The lowest BCUT2D eigenvalue weighted by Crippen LogP contribution is -2.37. The first-order valence-corrected chi connectivity index (χ1v) is 7.26. The minimum absolute atomic E-state index is 0.302. The van der Waals surface area contributed by atoms with Gasteiger partial charge in [0.1, 0.15) is 11.6 Å². The average molecular weight is 317 g/mol. The van der Waals surface area contributed by atoms with Gasteiger partial charge >= 0.3 is 0 Å². The highest BCUT2D eigenvalue weighted by molar-refractivity contribution is 5.95. The smallest absolute Gasteiger partial charge is 0.251 e. The van der Waals surface area contributed by atoms with E-state index < -0.39 is 12.1 Å². The zero-order chi connectivity index (χ0) is 17.0. The van der Waals surface area contributed by atoms with Crippen molar-refractivity contribution in [1.82, 2.24) is 10.3 Å². The highest BCUT2D eigenvalue weighted by atomic mass is 19.1. The molecule has 6 heteroatoms. The molecular weight excluding hydrogens is 297 g/mol. The van der Waals surface area contributed by atoms with Gasteiger partial charge < -0.3 is 15.3 Å². The minimum Gasteiger partial charge on any atom is -0.386 e. The summed E-state index contributed by atoms with van der Waals surface area (Å²) in [6, 6.07) is 8.31. The maximum Gasteiger partial charge on any atom is 0.251 e. The van der Waals surface area contributed by atoms with Crippen LogP contribution in [0.3, 0.4) is 0 Å². The lowest BCUT2D eigenvalue weighted by molar-refractivity contribution is 0.0852. The number of aliphatic hydroxyl groups excluding tert-OH is 1. The number of pyridine rings is 1. The van der Waals surface area contributed by atoms with Crippen molar-refractivity contribution in [3.05, 3.63) is 59.5 Å². The lowest BCUT2D eigenvalue weighted by Gasteiger charge is -2.21. The molecule has 2 aromatic rings. The Balaban J connectivity index is 2.07. The highest BCUT2D eigenvalue weighted by Gasteiger charge is 2.19. The number of nitrogens with zero attached hydrogens (tertiary/aromatic N) is 2. The van der Waals surface area contributed by atoms with Crippen LogP contribution in [0.5, 0.6) is 0 Å². The average Bonchev–Trinajstić information content (AvgIpc) is 2.54. The number of aromatic nitrogens is 1. The maximum absolute atomic E-state index is 12.9. The number of amides is 1. The van der Waals surface area contributed by atoms with Crippen LogP contribution in [0.1, 0.15) is 28.9 Å². The molecule has 0 spiro atoms. The van der Waals surface area contributed by atoms with Crippen molar-refractivity contribution in [2.75, 3.05) is 19.0 Å². The van der Waals surface area contributed by atoms with Gasteiger partial charge in [0.2, 0.25) is 0 Å². The van der Waals surface area contributed by atoms with Gasteiger partial charge in [-0.2, -0.15) is 0 Å². The molecule has 2 rings (SSSR count). The quantitative estimate of drug-likeness (QED) is 0.887. The normalized spacial score (nSPS) is 13.3. The first-order chi connectivity index (χ1) is 10.9. The number of rotatable bonds is 5. The molecule has 2 atom stereocenters. The van der Waals surface area contributed by atoms with Crippen LogP contribution in [-0.4, -0.2) is 36.1 Å². The first-order valence-electron chi connectivity index (χ1n) is 7.26. The van der Waals surface area contributed by atoms with Gasteiger partial charge in [-0.15, -0.1) is 0 Å². The van der Waals surface area contributed by atoms with Gasteiger partial charge in [-0.3, -0.25) is 4.79 Å². The van der Waals surface area contributed by atoms with E-state index in [9.17, 15) is 14.3 Å². The Hall–Kier alpha value is -2.47. The Morgan fingerprint density at radius 2 is 1.91 bits per heavy atom. The van der Waals surface area contributed by atoms with Crippen LogP contribution in [0, 0.1) is 5.82 Å². The van der Waals surface area contributed by atoms with Gasteiger partial charge in [-0.25, -0.2) is 9.37 Å². The van der Waals surface area contributed by atoms with E-state index in [1.165, 1.54) is 24.3 Å². The predicted molar refractivity (Wildman–Crippen MR) is 86.9 cm³/mol. The number of nitrogens with one attached hydrogen (secondary N) is 1. The second-order valence-electron chi connectivity index (χ2n) is 5.56. The number of hydrogen-bond donors (Lipinski definition) is 2. The third-order valence-electron chi connectivity index (χ3n) is 3.51. The van der Waals surface area contributed by atoms with E-state index in [0.29, 0.717) is 16.9 Å². The molecule has 0 fully saturated rings. The molecule has 0 saturated heterocycles. The van der Waals surface area contributed by atoms with E-state index in [1.807, 2.05) is 14.1 Å². The summed E-state index contributed by atoms with van der Waals surface area (Å²) < 4.78 is 12.9. The van der Waals surface area contributed by atoms with E-state index in [-0.39, 0.29) is 11.7 Å². The fraction of sp³-hybridized carbons (Fsp3) is 0.294. The van der Waals surface area contributed by atoms with Crippen molar-refractivity contribution in [3.63, 3.8) is 0 Å². The fourth-order valence-electron chi connectivity index (χ4n) is 2.12. The number of anilines is 1. The summed E-state index contributed by atoms with van der Waals surface area (Å²) >= 11 is 0. The van der Waals surface area contributed by atoms with Gasteiger partial charge in [-0.05, 0) is 36.8 Å². The van der Waals surface area contributed by atoms with E-state index in [4.69, 9.17) is 0 Å². The highest BCUT2D eigenvalue weighted by Crippen LogP contribution is 2.18. The van der Waals surface area contributed by atoms with Crippen molar-refractivity contribution >= 4 is 11.7 Å². The molecule has 0 saturated carbocycles. The third-order valence-corrected chi connectivity index (χ3v) is 3.51. The molecule has 0 bridgehead atoms. The second-order valence-corrected chi connectivity index (χ2v) is 5.56. The Kier molecular flexibility index (Phi) is 5.28. The van der Waals surface area contributed by atoms with Crippen LogP contribution >= 0.6 is 0 Å². The van der Waals surface area contributed by atoms with Crippen molar-refractivity contribution < 1.29 is 14.3 Å². The van der Waals surface area contributed by atoms with E-state index >= 15 is 0 Å². The standard InChI is InChI=1S/C17H20FN3O2/c1-11(16(22)12-4-6-14(18)7-5-12)20-17(23)13-8-9-19-15(10-13)21(2)3/h4-11,16,22H,1-3H3,(H,20,23). The van der Waals surface area contributed by atoms with Gasteiger partial charge in [-0.1, -0.05) is 12.1 Å². The van der Waals surface area contributed by atoms with Crippen molar-refractivity contribution in [2.45, 2.75) is 19.1 Å². The Morgan fingerprint density at radius 1 is 1.26 bits per heavy atom. The monoisotopic (exact) mass is 317 g/mol. The zero-order valence-corrected chi connectivity index (χ0v) is 13.3. The molecular formula is C17H20FN3O2. The van der Waals surface area contributed by atoms with Crippen molar-refractivity contribution in [1.29, 1.82) is 0 Å². The van der Waals surface area contributed by atoms with E-state index in [1.54, 1.807) is 30.2 Å². The number of aliphatic hydroxyl groups is 1. The Bertz CT molecular complexity index is 674. The van der Waals surface area contributed by atoms with Gasteiger partial charge in [0.15, 0.2) is 0 Å². The van der Waals surface area contributed by atoms with Crippen LogP contribution in [-0.2, 0) is 0 Å². The first kappa shape index (κ1) is 16.9. The molecule has 1 amide bonds. The summed E-state index contributed by atoms with van der Waals surface area (Å²) in [6.45, 7) is 1.69. The molecule has 1 aromatic heterocycles. The lowest BCUT2D eigenvalue weighted by atomic mass is 10.0. The maximum atomic E-state index is 12.9. The number of carbonyl (C=O) groups excluding carboxylic acids is 1. The molecule has 23 heavy (non-hydrogen) atoms. The molecule has 0 aliphatic carbocycles. The SMILES string of the molecule is CC(NC(=O)c1ccnc(N(C)C)c1)C(O)c1ccc(F)cc1. The molecule has 2 N–H and O–H groups in total. The van der Waals surface area contributed by atoms with E-state index in [2.05, 4.69) is 10.3 Å². The molecule has 1 heterocycles. The topological polar surface area (TPSA) is 65.5 Å². The number of hydrogen-bond acceptors (Lipinski definition) is 4. The summed E-state index contributed by atoms with van der Waals surface area (Å²) in [5.74, 6) is -0.000753. The van der Waals surface area contributed by atoms with Gasteiger partial charge in [0, 0.05) is 25.9 Å². The van der Waals surface area contributed by atoms with E-state index in [0.717, 1.165) is 0 Å². The Labute approximate surface area is 134 Å². The largest absolute Gasteiger partial charge is 0.386 e.